The Morgan fingerprint density at radius 2 is 1.88 bits per heavy atom. The summed E-state index contributed by atoms with van der Waals surface area (Å²) >= 11 is 0. The number of para-hydroxylation sites is 1. The molecule has 32 heavy (non-hydrogen) atoms. The van der Waals surface area contributed by atoms with Gasteiger partial charge in [-0.1, -0.05) is 17.7 Å². The van der Waals surface area contributed by atoms with Gasteiger partial charge in [-0.05, 0) is 62.1 Å². The average molecular weight is 454 g/mol. The lowest BCUT2D eigenvalue weighted by Crippen LogP contribution is -2.46. The van der Waals surface area contributed by atoms with Crippen LogP contribution in [0.3, 0.4) is 0 Å². The van der Waals surface area contributed by atoms with E-state index in [0.29, 0.717) is 55.7 Å². The fourth-order valence-electron chi connectivity index (χ4n) is 4.27. The van der Waals surface area contributed by atoms with Crippen molar-refractivity contribution in [3.05, 3.63) is 65.7 Å². The molecule has 0 saturated carbocycles. The predicted molar refractivity (Wildman–Crippen MR) is 125 cm³/mol. The summed E-state index contributed by atoms with van der Waals surface area (Å²) in [6, 6.07) is 11.5. The van der Waals surface area contributed by atoms with Crippen molar-refractivity contribution in [3.8, 4) is 0 Å². The maximum Gasteiger partial charge on any atom is 0.264 e. The van der Waals surface area contributed by atoms with Gasteiger partial charge in [0.25, 0.3) is 15.9 Å². The average Bonchev–Trinajstić information content (AvgIpc) is 3.22. The highest BCUT2D eigenvalue weighted by atomic mass is 32.2. The number of benzene rings is 2. The number of piperidine rings is 1. The molecule has 2 aliphatic rings. The van der Waals surface area contributed by atoms with Gasteiger partial charge >= 0.3 is 0 Å². The number of carbonyl (C=O) groups excluding carboxylic acids is 1. The number of nitrogens with zero attached hydrogens (tertiary/aromatic N) is 2. The van der Waals surface area contributed by atoms with Crippen LogP contribution in [-0.4, -0.2) is 49.2 Å². The van der Waals surface area contributed by atoms with E-state index in [0.717, 1.165) is 11.1 Å². The molecule has 2 aliphatic heterocycles. The quantitative estimate of drug-likeness (QED) is 0.652. The van der Waals surface area contributed by atoms with E-state index in [4.69, 9.17) is 0 Å². The molecule has 2 heterocycles. The molecule has 2 aromatic rings. The number of nitrogens with one attached hydrogen (secondary N) is 1. The third kappa shape index (κ3) is 4.61. The lowest BCUT2D eigenvalue weighted by molar-refractivity contribution is -0.0160. The number of carbonyl (C=O) groups is 1. The molecule has 7 nitrogen and oxygen atoms in total. The first-order chi connectivity index (χ1) is 15.2. The van der Waals surface area contributed by atoms with Gasteiger partial charge in [0.2, 0.25) is 0 Å². The Morgan fingerprint density at radius 1 is 1.19 bits per heavy atom. The van der Waals surface area contributed by atoms with Crippen molar-refractivity contribution >= 4 is 33.5 Å². The SMILES string of the molecule is C=C(C)CC1(O)CCN(C(=O)c2ccc(NS(=O)(=O)c3cccc4c3N=CC4)cc2)CC1. The minimum atomic E-state index is -3.81. The Labute approximate surface area is 188 Å². The van der Waals surface area contributed by atoms with Crippen LogP contribution in [-0.2, 0) is 16.4 Å². The molecule has 0 unspecified atom stereocenters. The number of sulfonamides is 1. The summed E-state index contributed by atoms with van der Waals surface area (Å²) in [5, 5.41) is 10.6. The normalized spacial score (nSPS) is 17.1. The van der Waals surface area contributed by atoms with Crippen LogP contribution in [0.2, 0.25) is 0 Å². The number of aliphatic imine (C=N–C) groups is 1. The molecule has 1 amide bonds. The van der Waals surface area contributed by atoms with Crippen LogP contribution in [0.5, 0.6) is 0 Å². The third-order valence-electron chi connectivity index (χ3n) is 5.90. The van der Waals surface area contributed by atoms with Crippen molar-refractivity contribution in [1.29, 1.82) is 0 Å². The fourth-order valence-corrected chi connectivity index (χ4v) is 5.52. The molecule has 1 fully saturated rings. The summed E-state index contributed by atoms with van der Waals surface area (Å²) < 4.78 is 28.3. The Balaban J connectivity index is 1.43. The third-order valence-corrected chi connectivity index (χ3v) is 7.31. The van der Waals surface area contributed by atoms with Gasteiger partial charge in [-0.2, -0.15) is 0 Å². The maximum atomic E-state index is 12.9. The molecular formula is C24H27N3O4S. The number of aliphatic hydroxyl groups is 1. The van der Waals surface area contributed by atoms with Crippen LogP contribution in [0.15, 0.2) is 64.5 Å². The van der Waals surface area contributed by atoms with Crippen molar-refractivity contribution in [2.75, 3.05) is 17.8 Å². The fraction of sp³-hybridized carbons (Fsp3) is 0.333. The number of amides is 1. The summed E-state index contributed by atoms with van der Waals surface area (Å²) in [7, 11) is -3.81. The minimum Gasteiger partial charge on any atom is -0.389 e. The van der Waals surface area contributed by atoms with Crippen molar-refractivity contribution in [3.63, 3.8) is 0 Å². The second-order valence-electron chi connectivity index (χ2n) is 8.61. The largest absolute Gasteiger partial charge is 0.389 e. The van der Waals surface area contributed by atoms with E-state index in [-0.39, 0.29) is 10.8 Å². The minimum absolute atomic E-state index is 0.132. The standard InChI is InChI=1S/C24H27N3O4S/c1-17(2)16-24(29)11-14-27(15-12-24)23(28)19-6-8-20(9-7-19)26-32(30,31)21-5-3-4-18-10-13-25-22(18)21/h3-9,13,26,29H,1,10-12,14-16H2,2H3. The van der Waals surface area contributed by atoms with Crippen molar-refractivity contribution in [2.24, 2.45) is 4.99 Å². The van der Waals surface area contributed by atoms with Crippen LogP contribution in [0, 0.1) is 0 Å². The Morgan fingerprint density at radius 3 is 2.53 bits per heavy atom. The molecular weight excluding hydrogens is 426 g/mol. The topological polar surface area (TPSA) is 99.1 Å². The zero-order valence-corrected chi connectivity index (χ0v) is 18.9. The number of hydrogen-bond donors (Lipinski definition) is 2. The molecule has 4 rings (SSSR count). The Kier molecular flexibility index (Phi) is 5.92. The van der Waals surface area contributed by atoms with Crippen LogP contribution in [0.25, 0.3) is 0 Å². The zero-order valence-electron chi connectivity index (χ0n) is 18.0. The maximum absolute atomic E-state index is 12.9. The molecule has 2 aromatic carbocycles. The number of likely N-dealkylation sites (tertiary alicyclic amines) is 1. The predicted octanol–water partition coefficient (Wildman–Crippen LogP) is 3.68. The molecule has 2 N–H and O–H groups in total. The highest BCUT2D eigenvalue weighted by molar-refractivity contribution is 7.92. The summed E-state index contributed by atoms with van der Waals surface area (Å²) in [4.78, 5) is 18.9. The zero-order chi connectivity index (χ0) is 22.9. The van der Waals surface area contributed by atoms with E-state index in [9.17, 15) is 18.3 Å². The molecule has 0 atom stereocenters. The van der Waals surface area contributed by atoms with Gasteiger partial charge in [0, 0.05) is 37.0 Å². The van der Waals surface area contributed by atoms with E-state index in [1.807, 2.05) is 13.0 Å². The molecule has 0 spiro atoms. The Hall–Kier alpha value is -2.97. The highest BCUT2D eigenvalue weighted by Crippen LogP contribution is 2.33. The molecule has 0 aromatic heterocycles. The van der Waals surface area contributed by atoms with E-state index >= 15 is 0 Å². The smallest absolute Gasteiger partial charge is 0.264 e. The summed E-state index contributed by atoms with van der Waals surface area (Å²) in [5.74, 6) is -0.132. The van der Waals surface area contributed by atoms with Crippen molar-refractivity contribution in [2.45, 2.75) is 43.1 Å². The first-order valence-corrected chi connectivity index (χ1v) is 12.1. The van der Waals surface area contributed by atoms with Crippen LogP contribution >= 0.6 is 0 Å². The van der Waals surface area contributed by atoms with Gasteiger partial charge in [0.1, 0.15) is 4.90 Å². The van der Waals surface area contributed by atoms with Gasteiger partial charge in [0.05, 0.1) is 11.3 Å². The molecule has 0 bridgehead atoms. The van der Waals surface area contributed by atoms with Crippen LogP contribution < -0.4 is 4.72 Å². The second-order valence-corrected chi connectivity index (χ2v) is 10.3. The van der Waals surface area contributed by atoms with Gasteiger partial charge in [-0.3, -0.25) is 14.5 Å². The number of fused-ring (bicyclic) bond motifs is 1. The summed E-state index contributed by atoms with van der Waals surface area (Å²) in [5.41, 5.74) is 2.33. The van der Waals surface area contributed by atoms with Crippen LogP contribution in [0.1, 0.15) is 42.1 Å². The van der Waals surface area contributed by atoms with Gasteiger partial charge < -0.3 is 10.0 Å². The van der Waals surface area contributed by atoms with E-state index < -0.39 is 15.6 Å². The highest BCUT2D eigenvalue weighted by Gasteiger charge is 2.34. The summed E-state index contributed by atoms with van der Waals surface area (Å²) in [6.07, 6.45) is 3.88. The van der Waals surface area contributed by atoms with E-state index in [1.54, 1.807) is 41.4 Å². The monoisotopic (exact) mass is 453 g/mol. The number of anilines is 1. The molecule has 8 heteroatoms. The first kappa shape index (κ1) is 22.2. The van der Waals surface area contributed by atoms with Gasteiger partial charge in [-0.25, -0.2) is 8.42 Å². The summed E-state index contributed by atoms with van der Waals surface area (Å²) in [6.45, 7) is 6.70. The van der Waals surface area contributed by atoms with Gasteiger partial charge in [0.15, 0.2) is 0 Å². The van der Waals surface area contributed by atoms with E-state index in [2.05, 4.69) is 16.3 Å². The molecule has 1 saturated heterocycles. The van der Waals surface area contributed by atoms with Crippen molar-refractivity contribution in [1.82, 2.24) is 4.90 Å². The van der Waals surface area contributed by atoms with Crippen LogP contribution in [0.4, 0.5) is 11.4 Å². The Bertz CT molecular complexity index is 1180. The molecule has 0 aliphatic carbocycles. The molecule has 168 valence electrons. The molecule has 0 radical (unpaired) electrons. The van der Waals surface area contributed by atoms with Gasteiger partial charge in [-0.15, -0.1) is 6.58 Å². The lowest BCUT2D eigenvalue weighted by atomic mass is 9.86. The van der Waals surface area contributed by atoms with Crippen molar-refractivity contribution < 1.29 is 18.3 Å². The number of rotatable bonds is 6. The lowest BCUT2D eigenvalue weighted by Gasteiger charge is -2.38. The van der Waals surface area contributed by atoms with E-state index in [1.165, 1.54) is 6.07 Å². The number of hydrogen-bond acceptors (Lipinski definition) is 5. The first-order valence-electron chi connectivity index (χ1n) is 10.6. The second kappa shape index (κ2) is 8.52.